The summed E-state index contributed by atoms with van der Waals surface area (Å²) in [6, 6.07) is 10.9. The van der Waals surface area contributed by atoms with Crippen LogP contribution < -0.4 is 4.74 Å². The van der Waals surface area contributed by atoms with E-state index in [1.807, 2.05) is 24.3 Å². The lowest BCUT2D eigenvalue weighted by Crippen LogP contribution is -1.92. The minimum Gasteiger partial charge on any atom is -0.497 e. The molecule has 94 valence electrons. The molecule has 0 unspecified atom stereocenters. The molecule has 4 nitrogen and oxygen atoms in total. The fourth-order valence-corrected chi connectivity index (χ4v) is 1.92. The summed E-state index contributed by atoms with van der Waals surface area (Å²) in [5, 5.41) is 0. The molecule has 1 aromatic heterocycles. The fraction of sp³-hybridized carbons (Fsp3) is 0.0667. The van der Waals surface area contributed by atoms with Gasteiger partial charge in [0.25, 0.3) is 0 Å². The topological polar surface area (TPSA) is 48.4 Å². The van der Waals surface area contributed by atoms with Crippen molar-refractivity contribution in [3.8, 4) is 5.75 Å². The smallest absolute Gasteiger partial charge is 0.345 e. The molecule has 0 amide bonds. The number of pyridine rings is 1. The molecule has 19 heavy (non-hydrogen) atoms. The molecule has 0 atom stereocenters. The lowest BCUT2D eigenvalue weighted by atomic mass is 10.1. The zero-order valence-electron chi connectivity index (χ0n) is 10.3. The van der Waals surface area contributed by atoms with Gasteiger partial charge >= 0.3 is 5.97 Å². The highest BCUT2D eigenvalue weighted by molar-refractivity contribution is 6.04. The van der Waals surface area contributed by atoms with Crippen LogP contribution >= 0.6 is 0 Å². The largest absolute Gasteiger partial charge is 0.497 e. The number of rotatable bonds is 2. The Morgan fingerprint density at radius 1 is 1.21 bits per heavy atom. The molecule has 0 spiro atoms. The Hall–Kier alpha value is -2.62. The maximum absolute atomic E-state index is 11.6. The summed E-state index contributed by atoms with van der Waals surface area (Å²) in [5.41, 5.74) is 2.01. The van der Waals surface area contributed by atoms with E-state index in [0.29, 0.717) is 17.0 Å². The van der Waals surface area contributed by atoms with Crippen molar-refractivity contribution in [3.05, 3.63) is 59.4 Å². The first-order chi connectivity index (χ1) is 9.28. The predicted octanol–water partition coefficient (Wildman–Crippen LogP) is 2.76. The average Bonchev–Trinajstić information content (AvgIpc) is 2.77. The van der Waals surface area contributed by atoms with E-state index in [2.05, 4.69) is 4.98 Å². The van der Waals surface area contributed by atoms with Crippen LogP contribution in [0.3, 0.4) is 0 Å². The highest BCUT2D eigenvalue weighted by Gasteiger charge is 2.27. The highest BCUT2D eigenvalue weighted by Crippen LogP contribution is 2.29. The number of hydrogen-bond donors (Lipinski definition) is 0. The number of methoxy groups -OCH3 is 1. The van der Waals surface area contributed by atoms with Crippen molar-refractivity contribution in [2.75, 3.05) is 7.11 Å². The Balaban J connectivity index is 1.98. The van der Waals surface area contributed by atoms with E-state index in [9.17, 15) is 4.79 Å². The number of carbonyl (C=O) groups is 1. The van der Waals surface area contributed by atoms with E-state index in [-0.39, 0.29) is 5.97 Å². The zero-order chi connectivity index (χ0) is 13.2. The van der Waals surface area contributed by atoms with Crippen LogP contribution in [0, 0.1) is 0 Å². The molecule has 0 aliphatic carbocycles. The van der Waals surface area contributed by atoms with Gasteiger partial charge in [-0.15, -0.1) is 0 Å². The lowest BCUT2D eigenvalue weighted by molar-refractivity contribution is 0.0717. The summed E-state index contributed by atoms with van der Waals surface area (Å²) in [6.07, 6.45) is 3.43. The van der Waals surface area contributed by atoms with Gasteiger partial charge in [-0.05, 0) is 35.9 Å². The molecular formula is C15H11NO3. The average molecular weight is 253 g/mol. The zero-order valence-corrected chi connectivity index (χ0v) is 10.3. The molecule has 0 radical (unpaired) electrons. The van der Waals surface area contributed by atoms with Crippen molar-refractivity contribution in [2.24, 2.45) is 0 Å². The van der Waals surface area contributed by atoms with E-state index >= 15 is 0 Å². The number of cyclic esters (lactones) is 1. The van der Waals surface area contributed by atoms with Crippen LogP contribution in [0.2, 0.25) is 0 Å². The van der Waals surface area contributed by atoms with Crippen LogP contribution in [0.5, 0.6) is 5.75 Å². The van der Waals surface area contributed by atoms with Gasteiger partial charge in [-0.3, -0.25) is 4.98 Å². The van der Waals surface area contributed by atoms with E-state index in [4.69, 9.17) is 9.47 Å². The standard InChI is InChI=1S/C15H11NO3/c1-18-11-6-4-10(5-7-11)9-13-14-12(15(17)19-13)3-2-8-16-14/h2-9H,1H3/b13-9-. The number of aromatic nitrogens is 1. The van der Waals surface area contributed by atoms with Crippen molar-refractivity contribution in [3.63, 3.8) is 0 Å². The third-order valence-electron chi connectivity index (χ3n) is 2.88. The number of hydrogen-bond acceptors (Lipinski definition) is 4. The van der Waals surface area contributed by atoms with Crippen molar-refractivity contribution in [2.45, 2.75) is 0 Å². The van der Waals surface area contributed by atoms with Gasteiger partial charge in [0.15, 0.2) is 5.76 Å². The maximum atomic E-state index is 11.6. The van der Waals surface area contributed by atoms with Crippen LogP contribution in [-0.4, -0.2) is 18.1 Å². The molecule has 0 saturated carbocycles. The van der Waals surface area contributed by atoms with Gasteiger partial charge in [0, 0.05) is 6.20 Å². The van der Waals surface area contributed by atoms with E-state index < -0.39 is 0 Å². The molecule has 0 saturated heterocycles. The summed E-state index contributed by atoms with van der Waals surface area (Å²) in [7, 11) is 1.62. The molecule has 1 aliphatic rings. The van der Waals surface area contributed by atoms with Crippen LogP contribution in [0.15, 0.2) is 42.6 Å². The predicted molar refractivity (Wildman–Crippen MR) is 70.5 cm³/mol. The molecule has 0 N–H and O–H groups in total. The first kappa shape index (κ1) is 11.5. The molecule has 3 rings (SSSR count). The second-order valence-electron chi connectivity index (χ2n) is 4.07. The Labute approximate surface area is 110 Å². The Morgan fingerprint density at radius 2 is 2.00 bits per heavy atom. The molecule has 2 aromatic rings. The summed E-state index contributed by atoms with van der Waals surface area (Å²) in [6.45, 7) is 0. The van der Waals surface area contributed by atoms with Gasteiger partial charge in [0.05, 0.1) is 12.7 Å². The molecule has 1 aromatic carbocycles. The summed E-state index contributed by atoms with van der Waals surface area (Å²) >= 11 is 0. The number of esters is 1. The van der Waals surface area contributed by atoms with Crippen LogP contribution in [-0.2, 0) is 4.74 Å². The van der Waals surface area contributed by atoms with Crippen molar-refractivity contribution in [1.29, 1.82) is 0 Å². The minimum atomic E-state index is -0.358. The first-order valence-electron chi connectivity index (χ1n) is 5.81. The van der Waals surface area contributed by atoms with Gasteiger partial charge in [0.2, 0.25) is 0 Å². The molecular weight excluding hydrogens is 242 g/mol. The van der Waals surface area contributed by atoms with Crippen molar-refractivity contribution >= 4 is 17.8 Å². The van der Waals surface area contributed by atoms with Gasteiger partial charge in [-0.25, -0.2) is 4.79 Å². The van der Waals surface area contributed by atoms with Gasteiger partial charge in [0.1, 0.15) is 11.4 Å². The fourth-order valence-electron chi connectivity index (χ4n) is 1.92. The third-order valence-corrected chi connectivity index (χ3v) is 2.88. The van der Waals surface area contributed by atoms with Crippen LogP contribution in [0.4, 0.5) is 0 Å². The monoisotopic (exact) mass is 253 g/mol. The Morgan fingerprint density at radius 3 is 2.74 bits per heavy atom. The second kappa shape index (κ2) is 4.57. The van der Waals surface area contributed by atoms with E-state index in [1.165, 1.54) is 0 Å². The van der Waals surface area contributed by atoms with E-state index in [0.717, 1.165) is 11.3 Å². The highest BCUT2D eigenvalue weighted by atomic mass is 16.5. The van der Waals surface area contributed by atoms with Crippen molar-refractivity contribution in [1.82, 2.24) is 4.98 Å². The SMILES string of the molecule is COc1ccc(/C=C2\OC(=O)c3cccnc32)cc1. The van der Waals surface area contributed by atoms with Crippen molar-refractivity contribution < 1.29 is 14.3 Å². The van der Waals surface area contributed by atoms with Crippen LogP contribution in [0.25, 0.3) is 11.8 Å². The molecule has 2 heterocycles. The molecule has 0 fully saturated rings. The quantitative estimate of drug-likeness (QED) is 0.772. The third kappa shape index (κ3) is 2.08. The molecule has 4 heteroatoms. The molecule has 1 aliphatic heterocycles. The number of ether oxygens (including phenoxy) is 2. The normalized spacial score (nSPS) is 15.2. The Bertz CT molecular complexity index is 659. The first-order valence-corrected chi connectivity index (χ1v) is 5.81. The summed E-state index contributed by atoms with van der Waals surface area (Å²) in [4.78, 5) is 15.8. The minimum absolute atomic E-state index is 0.358. The van der Waals surface area contributed by atoms with Gasteiger partial charge in [-0.1, -0.05) is 12.1 Å². The Kier molecular flexibility index (Phi) is 2.76. The number of benzene rings is 1. The van der Waals surface area contributed by atoms with E-state index in [1.54, 1.807) is 31.5 Å². The lowest BCUT2D eigenvalue weighted by Gasteiger charge is -2.01. The summed E-state index contributed by atoms with van der Waals surface area (Å²) in [5.74, 6) is 0.901. The van der Waals surface area contributed by atoms with Gasteiger partial charge in [-0.2, -0.15) is 0 Å². The van der Waals surface area contributed by atoms with Gasteiger partial charge < -0.3 is 9.47 Å². The number of fused-ring (bicyclic) bond motifs is 1. The maximum Gasteiger partial charge on any atom is 0.345 e. The van der Waals surface area contributed by atoms with Crippen LogP contribution in [0.1, 0.15) is 21.6 Å². The summed E-state index contributed by atoms with van der Waals surface area (Å²) < 4.78 is 10.3. The second-order valence-corrected chi connectivity index (χ2v) is 4.07. The number of carbonyl (C=O) groups excluding carboxylic acids is 1. The molecule has 0 bridgehead atoms. The number of nitrogens with zero attached hydrogens (tertiary/aromatic N) is 1.